The van der Waals surface area contributed by atoms with Gasteiger partial charge in [0.2, 0.25) is 11.8 Å². The lowest BCUT2D eigenvalue weighted by atomic mass is 10.0. The van der Waals surface area contributed by atoms with Crippen molar-refractivity contribution in [2.75, 3.05) is 55.4 Å². The maximum atomic E-state index is 13.2. The van der Waals surface area contributed by atoms with Crippen LogP contribution in [0.3, 0.4) is 0 Å². The summed E-state index contributed by atoms with van der Waals surface area (Å²) in [5.41, 5.74) is 2.73. The lowest BCUT2D eigenvalue weighted by Crippen LogP contribution is -2.46. The van der Waals surface area contributed by atoms with Gasteiger partial charge in [-0.05, 0) is 67.6 Å². The standard InChI is InChI=1S/C34H33F3N8O2/c1-4-44-12-14-45(15-13-44)29-11-10-26(20-38-29)41-33-39-19-23-17-28(42-32(47-3)30(23)43-33)27-18-25(9-8-21(27)2)40-31(46)22-6-5-7-24(16-22)34(35,36)37/h5-11,16-20H,4,12-15H2,1-3H3,(H,40,46)(H,39,41,43). The van der Waals surface area contributed by atoms with Crippen molar-refractivity contribution in [3.63, 3.8) is 0 Å². The van der Waals surface area contributed by atoms with Crippen LogP contribution in [-0.4, -0.2) is 70.6 Å². The smallest absolute Gasteiger partial charge is 0.416 e. The third-order valence-corrected chi connectivity index (χ3v) is 8.10. The van der Waals surface area contributed by atoms with Crippen LogP contribution < -0.4 is 20.3 Å². The van der Waals surface area contributed by atoms with Gasteiger partial charge in [0.25, 0.3) is 5.91 Å². The number of nitrogens with one attached hydrogen (secondary N) is 2. The van der Waals surface area contributed by atoms with Crippen molar-refractivity contribution in [2.24, 2.45) is 0 Å². The van der Waals surface area contributed by atoms with Crippen LogP contribution in [-0.2, 0) is 6.18 Å². The molecule has 0 saturated carbocycles. The second-order valence-corrected chi connectivity index (χ2v) is 11.2. The maximum absolute atomic E-state index is 13.2. The summed E-state index contributed by atoms with van der Waals surface area (Å²) in [4.78, 5) is 36.0. The SMILES string of the molecule is CCN1CCN(c2ccc(Nc3ncc4cc(-c5cc(NC(=O)c6cccc(C(F)(F)F)c6)ccc5C)nc(OC)c4n3)cn2)CC1. The predicted molar refractivity (Wildman–Crippen MR) is 175 cm³/mol. The number of anilines is 4. The van der Waals surface area contributed by atoms with Crippen LogP contribution in [0.1, 0.15) is 28.4 Å². The van der Waals surface area contributed by atoms with E-state index in [0.29, 0.717) is 33.8 Å². The van der Waals surface area contributed by atoms with Crippen LogP contribution in [0.5, 0.6) is 5.88 Å². The van der Waals surface area contributed by atoms with E-state index in [1.165, 1.54) is 19.2 Å². The summed E-state index contributed by atoms with van der Waals surface area (Å²) < 4.78 is 45.1. The lowest BCUT2D eigenvalue weighted by Gasteiger charge is -2.34. The number of alkyl halides is 3. The van der Waals surface area contributed by atoms with Gasteiger partial charge in [-0.15, -0.1) is 0 Å². The number of hydrogen-bond acceptors (Lipinski definition) is 9. The van der Waals surface area contributed by atoms with E-state index in [-0.39, 0.29) is 11.4 Å². The first-order valence-corrected chi connectivity index (χ1v) is 15.1. The molecule has 1 aliphatic rings. The van der Waals surface area contributed by atoms with Crippen molar-refractivity contribution in [3.05, 3.63) is 89.7 Å². The summed E-state index contributed by atoms with van der Waals surface area (Å²) in [7, 11) is 1.50. The summed E-state index contributed by atoms with van der Waals surface area (Å²) >= 11 is 0. The Morgan fingerprint density at radius 1 is 0.936 bits per heavy atom. The van der Waals surface area contributed by atoms with E-state index in [9.17, 15) is 18.0 Å². The fourth-order valence-electron chi connectivity index (χ4n) is 5.44. The van der Waals surface area contributed by atoms with Crippen LogP contribution in [0.4, 0.5) is 36.3 Å². The highest BCUT2D eigenvalue weighted by molar-refractivity contribution is 6.04. The molecule has 0 atom stereocenters. The Bertz CT molecular complexity index is 1910. The van der Waals surface area contributed by atoms with Crippen molar-refractivity contribution < 1.29 is 22.7 Å². The lowest BCUT2D eigenvalue weighted by molar-refractivity contribution is -0.137. The summed E-state index contributed by atoms with van der Waals surface area (Å²) in [6.07, 6.45) is -1.13. The minimum atomic E-state index is -4.55. The first-order valence-electron chi connectivity index (χ1n) is 15.1. The highest BCUT2D eigenvalue weighted by atomic mass is 19.4. The molecule has 0 radical (unpaired) electrons. The second kappa shape index (κ2) is 13.2. The molecular weight excluding hydrogens is 609 g/mol. The quantitative estimate of drug-likeness (QED) is 0.195. The van der Waals surface area contributed by atoms with Gasteiger partial charge in [-0.25, -0.2) is 19.9 Å². The average Bonchev–Trinajstić information content (AvgIpc) is 3.08. The molecule has 0 bridgehead atoms. The molecule has 1 fully saturated rings. The minimum absolute atomic E-state index is 0.105. The van der Waals surface area contributed by atoms with E-state index >= 15 is 0 Å². The summed E-state index contributed by atoms with van der Waals surface area (Å²) in [6.45, 7) is 9.04. The number of carbonyl (C=O) groups excluding carboxylic acids is 1. The van der Waals surface area contributed by atoms with Crippen molar-refractivity contribution >= 4 is 40.0 Å². The van der Waals surface area contributed by atoms with E-state index in [1.54, 1.807) is 30.6 Å². The fourth-order valence-corrected chi connectivity index (χ4v) is 5.44. The molecule has 47 heavy (non-hydrogen) atoms. The van der Waals surface area contributed by atoms with E-state index < -0.39 is 17.6 Å². The van der Waals surface area contributed by atoms with E-state index in [0.717, 1.165) is 61.9 Å². The molecule has 0 unspecified atom stereocenters. The topological polar surface area (TPSA) is 108 Å². The molecule has 0 spiro atoms. The highest BCUT2D eigenvalue weighted by Gasteiger charge is 2.31. The number of hydrogen-bond donors (Lipinski definition) is 2. The number of methoxy groups -OCH3 is 1. The van der Waals surface area contributed by atoms with Crippen LogP contribution in [0.2, 0.25) is 0 Å². The summed E-state index contributed by atoms with van der Waals surface area (Å²) in [6, 6.07) is 15.2. The molecule has 242 valence electrons. The second-order valence-electron chi connectivity index (χ2n) is 11.2. The van der Waals surface area contributed by atoms with Crippen molar-refractivity contribution in [3.8, 4) is 17.1 Å². The molecule has 1 saturated heterocycles. The number of carbonyl (C=O) groups is 1. The van der Waals surface area contributed by atoms with Crippen molar-refractivity contribution in [1.82, 2.24) is 24.8 Å². The molecule has 10 nitrogen and oxygen atoms in total. The monoisotopic (exact) mass is 642 g/mol. The summed E-state index contributed by atoms with van der Waals surface area (Å²) in [5.74, 6) is 0.897. The largest absolute Gasteiger partial charge is 0.479 e. The van der Waals surface area contributed by atoms with Gasteiger partial charge < -0.3 is 25.2 Å². The van der Waals surface area contributed by atoms with Gasteiger partial charge in [0.05, 0.1) is 30.3 Å². The molecule has 4 heterocycles. The molecule has 1 aliphatic heterocycles. The van der Waals surface area contributed by atoms with E-state index in [2.05, 4.69) is 42.3 Å². The van der Waals surface area contributed by atoms with Crippen LogP contribution >= 0.6 is 0 Å². The Balaban J connectivity index is 1.21. The number of benzene rings is 2. The van der Waals surface area contributed by atoms with Gasteiger partial charge in [-0.2, -0.15) is 13.2 Å². The average molecular weight is 643 g/mol. The minimum Gasteiger partial charge on any atom is -0.479 e. The third-order valence-electron chi connectivity index (χ3n) is 8.10. The Morgan fingerprint density at radius 2 is 1.72 bits per heavy atom. The zero-order chi connectivity index (χ0) is 33.1. The zero-order valence-electron chi connectivity index (χ0n) is 26.1. The number of ether oxygens (including phenoxy) is 1. The van der Waals surface area contributed by atoms with Crippen LogP contribution in [0, 0.1) is 6.92 Å². The molecule has 2 N–H and O–H groups in total. The normalized spacial score (nSPS) is 13.9. The number of aryl methyl sites for hydroxylation is 1. The van der Waals surface area contributed by atoms with E-state index in [1.807, 2.05) is 25.1 Å². The number of fused-ring (bicyclic) bond motifs is 1. The molecule has 13 heteroatoms. The molecule has 6 rings (SSSR count). The first-order chi connectivity index (χ1) is 22.6. The molecule has 3 aromatic heterocycles. The predicted octanol–water partition coefficient (Wildman–Crippen LogP) is 6.56. The fraction of sp³-hybridized carbons (Fsp3) is 0.265. The Hall–Kier alpha value is -5.30. The molecule has 5 aromatic rings. The Kier molecular flexibility index (Phi) is 8.90. The number of aromatic nitrogens is 4. The summed E-state index contributed by atoms with van der Waals surface area (Å²) in [5, 5.41) is 6.57. The van der Waals surface area contributed by atoms with Gasteiger partial charge in [0.15, 0.2) is 0 Å². The van der Waals surface area contributed by atoms with Gasteiger partial charge in [-0.1, -0.05) is 19.1 Å². The molecule has 2 aromatic carbocycles. The number of likely N-dealkylation sites (N-methyl/N-ethyl adjacent to an activating group) is 1. The van der Waals surface area contributed by atoms with Gasteiger partial charge in [0, 0.05) is 54.6 Å². The number of pyridine rings is 2. The Labute approximate surface area is 269 Å². The van der Waals surface area contributed by atoms with Crippen LogP contribution in [0.25, 0.3) is 22.2 Å². The van der Waals surface area contributed by atoms with Gasteiger partial charge in [0.1, 0.15) is 11.3 Å². The number of nitrogens with zero attached hydrogens (tertiary/aromatic N) is 6. The highest BCUT2D eigenvalue weighted by Crippen LogP contribution is 2.33. The molecule has 1 amide bonds. The number of amides is 1. The third kappa shape index (κ3) is 7.09. The Morgan fingerprint density at radius 3 is 2.43 bits per heavy atom. The first kappa shape index (κ1) is 31.7. The van der Waals surface area contributed by atoms with Crippen molar-refractivity contribution in [2.45, 2.75) is 20.0 Å². The molecule has 0 aliphatic carbocycles. The number of halogens is 3. The van der Waals surface area contributed by atoms with Crippen molar-refractivity contribution in [1.29, 1.82) is 0 Å². The van der Waals surface area contributed by atoms with Gasteiger partial charge >= 0.3 is 6.18 Å². The molecular formula is C34H33F3N8O2. The number of rotatable bonds is 8. The van der Waals surface area contributed by atoms with Gasteiger partial charge in [-0.3, -0.25) is 4.79 Å². The number of piperazine rings is 1. The maximum Gasteiger partial charge on any atom is 0.416 e. The van der Waals surface area contributed by atoms with E-state index in [4.69, 9.17) is 9.72 Å². The zero-order valence-corrected chi connectivity index (χ0v) is 26.1. The van der Waals surface area contributed by atoms with Crippen LogP contribution in [0.15, 0.2) is 73.1 Å².